The Bertz CT molecular complexity index is 890. The van der Waals surface area contributed by atoms with Gasteiger partial charge in [0, 0.05) is 29.7 Å². The molecule has 0 fully saturated rings. The van der Waals surface area contributed by atoms with Gasteiger partial charge in [-0.25, -0.2) is 8.78 Å². The number of aromatic nitrogens is 2. The minimum absolute atomic E-state index is 0.0771. The number of carbonyl (C=O) groups is 1. The van der Waals surface area contributed by atoms with E-state index in [1.54, 1.807) is 30.3 Å². The zero-order valence-corrected chi connectivity index (χ0v) is 12.1. The van der Waals surface area contributed by atoms with E-state index in [2.05, 4.69) is 10.4 Å². The van der Waals surface area contributed by atoms with Crippen LogP contribution in [0.25, 0.3) is 10.8 Å². The number of fused-ring (bicyclic) bond motifs is 1. The first-order valence-corrected chi connectivity index (χ1v) is 6.81. The van der Waals surface area contributed by atoms with Gasteiger partial charge in [0.15, 0.2) is 0 Å². The van der Waals surface area contributed by atoms with Gasteiger partial charge in [-0.05, 0) is 12.1 Å². The second-order valence-electron chi connectivity index (χ2n) is 5.03. The van der Waals surface area contributed by atoms with Crippen LogP contribution in [0, 0.1) is 0 Å². The summed E-state index contributed by atoms with van der Waals surface area (Å²) in [5.41, 5.74) is -0.319. The second kappa shape index (κ2) is 5.68. The van der Waals surface area contributed by atoms with Crippen molar-refractivity contribution in [3.8, 4) is 5.75 Å². The van der Waals surface area contributed by atoms with Gasteiger partial charge >= 0.3 is 0 Å². The average Bonchev–Trinajstić information content (AvgIpc) is 2.91. The molecule has 3 rings (SSSR count). The zero-order chi connectivity index (χ0) is 16.6. The van der Waals surface area contributed by atoms with Gasteiger partial charge in [-0.3, -0.25) is 9.48 Å². The van der Waals surface area contributed by atoms with Crippen LogP contribution < -0.4 is 5.32 Å². The molecule has 118 valence electrons. The Morgan fingerprint density at radius 2 is 1.91 bits per heavy atom. The van der Waals surface area contributed by atoms with Crippen molar-refractivity contribution in [2.45, 2.75) is 6.43 Å². The van der Waals surface area contributed by atoms with E-state index < -0.39 is 18.0 Å². The summed E-state index contributed by atoms with van der Waals surface area (Å²) >= 11 is 0. The first kappa shape index (κ1) is 15.0. The first-order valence-electron chi connectivity index (χ1n) is 6.81. The van der Waals surface area contributed by atoms with Crippen LogP contribution in [-0.4, -0.2) is 20.8 Å². The summed E-state index contributed by atoms with van der Waals surface area (Å²) in [6, 6.07) is 9.90. The van der Waals surface area contributed by atoms with E-state index >= 15 is 0 Å². The fraction of sp³-hybridized carbons (Fsp3) is 0.125. The van der Waals surface area contributed by atoms with Gasteiger partial charge in [0.05, 0.1) is 5.56 Å². The number of phenols is 1. The Balaban J connectivity index is 2.00. The van der Waals surface area contributed by atoms with E-state index in [0.717, 1.165) is 0 Å². The predicted molar refractivity (Wildman–Crippen MR) is 81.7 cm³/mol. The van der Waals surface area contributed by atoms with Crippen LogP contribution >= 0.6 is 0 Å². The second-order valence-corrected chi connectivity index (χ2v) is 5.03. The van der Waals surface area contributed by atoms with Gasteiger partial charge in [-0.2, -0.15) is 5.10 Å². The molecular formula is C16H13F2N3O2. The van der Waals surface area contributed by atoms with Gasteiger partial charge < -0.3 is 10.4 Å². The number of nitrogens with zero attached hydrogens (tertiary/aromatic N) is 2. The van der Waals surface area contributed by atoms with E-state index in [-0.39, 0.29) is 11.3 Å². The van der Waals surface area contributed by atoms with Crippen LogP contribution in [0.2, 0.25) is 0 Å². The van der Waals surface area contributed by atoms with E-state index in [1.807, 2.05) is 0 Å². The van der Waals surface area contributed by atoms with Crippen LogP contribution in [-0.2, 0) is 7.05 Å². The lowest BCUT2D eigenvalue weighted by atomic mass is 10.1. The molecule has 2 aromatic carbocycles. The first-order chi connectivity index (χ1) is 11.0. The zero-order valence-electron chi connectivity index (χ0n) is 12.1. The molecule has 3 aromatic rings. The number of hydrogen-bond acceptors (Lipinski definition) is 3. The summed E-state index contributed by atoms with van der Waals surface area (Å²) in [6.07, 6.45) is -1.59. The van der Waals surface area contributed by atoms with Crippen molar-refractivity contribution in [3.63, 3.8) is 0 Å². The topological polar surface area (TPSA) is 67.2 Å². The van der Waals surface area contributed by atoms with Crippen LogP contribution in [0.1, 0.15) is 22.5 Å². The molecular weight excluding hydrogens is 304 g/mol. The van der Waals surface area contributed by atoms with E-state index in [9.17, 15) is 18.7 Å². The molecule has 0 bridgehead atoms. The van der Waals surface area contributed by atoms with E-state index in [0.29, 0.717) is 16.5 Å². The summed E-state index contributed by atoms with van der Waals surface area (Å²) in [6.45, 7) is 0. The molecule has 0 aliphatic rings. The Kier molecular flexibility index (Phi) is 3.69. The molecule has 0 spiro atoms. The summed E-state index contributed by atoms with van der Waals surface area (Å²) in [7, 11) is 1.47. The number of hydrogen-bond donors (Lipinski definition) is 2. The quantitative estimate of drug-likeness (QED) is 0.777. The van der Waals surface area contributed by atoms with Crippen LogP contribution in [0.5, 0.6) is 5.75 Å². The highest BCUT2D eigenvalue weighted by Crippen LogP contribution is 2.30. The lowest BCUT2D eigenvalue weighted by molar-refractivity contribution is 0.101. The van der Waals surface area contributed by atoms with Crippen LogP contribution in [0.3, 0.4) is 0 Å². The highest BCUT2D eigenvalue weighted by molar-refractivity contribution is 6.10. The van der Waals surface area contributed by atoms with Crippen molar-refractivity contribution in [1.82, 2.24) is 9.78 Å². The van der Waals surface area contributed by atoms with Crippen molar-refractivity contribution in [2.75, 3.05) is 5.32 Å². The molecule has 2 N–H and O–H groups in total. The minimum atomic E-state index is -2.84. The SMILES string of the molecule is Cn1cc(C(=O)Nc2cccc3c(O)cccc23)c(C(F)F)n1. The number of rotatable bonds is 3. The average molecular weight is 317 g/mol. The molecule has 1 heterocycles. The van der Waals surface area contributed by atoms with Gasteiger partial charge in [-0.1, -0.05) is 24.3 Å². The van der Waals surface area contributed by atoms with Gasteiger partial charge in [-0.15, -0.1) is 0 Å². The van der Waals surface area contributed by atoms with Crippen molar-refractivity contribution in [2.24, 2.45) is 7.05 Å². The number of carbonyl (C=O) groups excluding carboxylic acids is 1. The molecule has 1 aromatic heterocycles. The maximum Gasteiger partial charge on any atom is 0.282 e. The third-order valence-electron chi connectivity index (χ3n) is 3.46. The van der Waals surface area contributed by atoms with Crippen molar-refractivity contribution >= 4 is 22.4 Å². The Labute approximate surface area is 130 Å². The smallest absolute Gasteiger partial charge is 0.282 e. The lowest BCUT2D eigenvalue weighted by Gasteiger charge is -2.09. The number of amides is 1. The Morgan fingerprint density at radius 3 is 2.65 bits per heavy atom. The molecule has 0 atom stereocenters. The van der Waals surface area contributed by atoms with E-state index in [1.165, 1.54) is 24.0 Å². The van der Waals surface area contributed by atoms with Crippen molar-refractivity contribution in [1.29, 1.82) is 0 Å². The number of benzene rings is 2. The van der Waals surface area contributed by atoms with E-state index in [4.69, 9.17) is 0 Å². The summed E-state index contributed by atoms with van der Waals surface area (Å²) in [4.78, 5) is 12.3. The molecule has 5 nitrogen and oxygen atoms in total. The lowest BCUT2D eigenvalue weighted by Crippen LogP contribution is -2.13. The molecule has 0 saturated carbocycles. The molecule has 7 heteroatoms. The molecule has 0 unspecified atom stereocenters. The molecule has 0 saturated heterocycles. The number of aromatic hydroxyl groups is 1. The van der Waals surface area contributed by atoms with Crippen molar-refractivity contribution < 1.29 is 18.7 Å². The fourth-order valence-electron chi connectivity index (χ4n) is 2.43. The van der Waals surface area contributed by atoms with Gasteiger partial charge in [0.2, 0.25) is 0 Å². The molecule has 0 radical (unpaired) electrons. The third kappa shape index (κ3) is 2.73. The van der Waals surface area contributed by atoms with Gasteiger partial charge in [0.1, 0.15) is 11.4 Å². The maximum atomic E-state index is 13.0. The number of phenolic OH excluding ortho intramolecular Hbond substituents is 1. The monoisotopic (exact) mass is 317 g/mol. The highest BCUT2D eigenvalue weighted by Gasteiger charge is 2.23. The fourth-order valence-corrected chi connectivity index (χ4v) is 2.43. The molecule has 23 heavy (non-hydrogen) atoms. The standard InChI is InChI=1S/C16H13F2N3O2/c1-21-8-11(14(20-21)15(17)18)16(23)19-12-6-2-5-10-9(12)4-3-7-13(10)22/h2-8,15,22H,1H3,(H,19,23). The third-order valence-corrected chi connectivity index (χ3v) is 3.46. The Hall–Kier alpha value is -2.96. The minimum Gasteiger partial charge on any atom is -0.507 e. The molecule has 0 aliphatic heterocycles. The predicted octanol–water partition coefficient (Wildman–Crippen LogP) is 3.47. The van der Waals surface area contributed by atoms with Crippen LogP contribution in [0.4, 0.5) is 14.5 Å². The number of aryl methyl sites for hydroxylation is 1. The van der Waals surface area contributed by atoms with Crippen LogP contribution in [0.15, 0.2) is 42.6 Å². The summed E-state index contributed by atoms with van der Waals surface area (Å²) in [5, 5.41) is 17.2. The number of alkyl halides is 2. The maximum absolute atomic E-state index is 13.0. The summed E-state index contributed by atoms with van der Waals surface area (Å²) < 4.78 is 27.1. The largest absolute Gasteiger partial charge is 0.507 e. The number of anilines is 1. The Morgan fingerprint density at radius 1 is 1.22 bits per heavy atom. The van der Waals surface area contributed by atoms with Crippen molar-refractivity contribution in [3.05, 3.63) is 53.9 Å². The summed E-state index contributed by atoms with van der Waals surface area (Å²) in [5.74, 6) is -0.600. The molecule has 1 amide bonds. The normalized spacial score (nSPS) is 11.1. The number of nitrogens with one attached hydrogen (secondary N) is 1. The molecule has 0 aliphatic carbocycles. The highest BCUT2D eigenvalue weighted by atomic mass is 19.3. The number of halogens is 2. The van der Waals surface area contributed by atoms with Gasteiger partial charge in [0.25, 0.3) is 12.3 Å².